The van der Waals surface area contributed by atoms with Crippen molar-refractivity contribution < 1.29 is 14.7 Å². The topological polar surface area (TPSA) is 92.2 Å². The quantitative estimate of drug-likeness (QED) is 0.863. The predicted octanol–water partition coefficient (Wildman–Crippen LogP) is 1.17. The van der Waals surface area contributed by atoms with Gasteiger partial charge in [0.25, 0.3) is 5.91 Å². The van der Waals surface area contributed by atoms with E-state index in [1.165, 1.54) is 29.7 Å². The molecule has 0 fully saturated rings. The molecule has 2 aromatic heterocycles. The Hall–Kier alpha value is -2.28. The Morgan fingerprint density at radius 1 is 1.33 bits per heavy atom. The third-order valence-corrected chi connectivity index (χ3v) is 2.79. The smallest absolute Gasteiger partial charge is 0.354 e. The molecule has 0 radical (unpaired) electrons. The van der Waals surface area contributed by atoms with Crippen LogP contribution < -0.4 is 5.32 Å². The van der Waals surface area contributed by atoms with Gasteiger partial charge in [-0.3, -0.25) is 4.79 Å². The number of carbonyl (C=O) groups excluding carboxylic acids is 1. The molecule has 2 rings (SSSR count). The summed E-state index contributed by atoms with van der Waals surface area (Å²) >= 11 is 1.45. The molecule has 0 spiro atoms. The summed E-state index contributed by atoms with van der Waals surface area (Å²) in [5.74, 6) is -1.43. The molecule has 0 unspecified atom stereocenters. The first-order chi connectivity index (χ1) is 8.66. The van der Waals surface area contributed by atoms with Crippen LogP contribution in [0.3, 0.4) is 0 Å². The highest BCUT2D eigenvalue weighted by Gasteiger charge is 2.09. The number of hydrogen-bond acceptors (Lipinski definition) is 5. The standard InChI is InChI=1S/C11H9N3O3S/c15-10(13-4-8-5-18-6-14-8)7-1-2-9(11(16)17)12-3-7/h1-3,5-6H,4H2,(H,13,15)(H,16,17). The van der Waals surface area contributed by atoms with Crippen LogP contribution in [0.25, 0.3) is 0 Å². The van der Waals surface area contributed by atoms with Crippen LogP contribution >= 0.6 is 11.3 Å². The van der Waals surface area contributed by atoms with Crippen LogP contribution in [0.15, 0.2) is 29.2 Å². The monoisotopic (exact) mass is 263 g/mol. The second kappa shape index (κ2) is 5.37. The van der Waals surface area contributed by atoms with Crippen molar-refractivity contribution in [1.29, 1.82) is 0 Å². The molecule has 0 atom stereocenters. The van der Waals surface area contributed by atoms with Crippen molar-refractivity contribution in [3.8, 4) is 0 Å². The first-order valence-electron chi connectivity index (χ1n) is 5.01. The van der Waals surface area contributed by atoms with E-state index in [9.17, 15) is 9.59 Å². The maximum atomic E-state index is 11.7. The Balaban J connectivity index is 1.98. The molecule has 0 aromatic carbocycles. The van der Waals surface area contributed by atoms with Crippen LogP contribution in [0.5, 0.6) is 0 Å². The van der Waals surface area contributed by atoms with Gasteiger partial charge < -0.3 is 10.4 Å². The molecule has 1 amide bonds. The number of nitrogens with zero attached hydrogens (tertiary/aromatic N) is 2. The molecule has 7 heteroatoms. The van der Waals surface area contributed by atoms with Gasteiger partial charge in [0.05, 0.1) is 23.3 Å². The molecule has 2 aromatic rings. The Morgan fingerprint density at radius 2 is 2.17 bits per heavy atom. The summed E-state index contributed by atoms with van der Waals surface area (Å²) in [6.45, 7) is 0.336. The van der Waals surface area contributed by atoms with Crippen molar-refractivity contribution in [2.24, 2.45) is 0 Å². The lowest BCUT2D eigenvalue weighted by Crippen LogP contribution is -2.23. The fraction of sp³-hybridized carbons (Fsp3) is 0.0909. The number of amides is 1. The van der Waals surface area contributed by atoms with Gasteiger partial charge in [-0.2, -0.15) is 0 Å². The maximum absolute atomic E-state index is 11.7. The molecular weight excluding hydrogens is 254 g/mol. The van der Waals surface area contributed by atoms with E-state index in [4.69, 9.17) is 5.11 Å². The Morgan fingerprint density at radius 3 is 2.72 bits per heavy atom. The lowest BCUT2D eigenvalue weighted by atomic mass is 10.2. The Labute approximate surface area is 106 Å². The number of hydrogen-bond donors (Lipinski definition) is 2. The minimum absolute atomic E-state index is 0.0916. The fourth-order valence-electron chi connectivity index (χ4n) is 1.25. The second-order valence-electron chi connectivity index (χ2n) is 3.40. The summed E-state index contributed by atoms with van der Waals surface area (Å²) in [6.07, 6.45) is 1.24. The first-order valence-corrected chi connectivity index (χ1v) is 5.95. The van der Waals surface area contributed by atoms with Gasteiger partial charge >= 0.3 is 5.97 Å². The normalized spacial score (nSPS) is 10.0. The van der Waals surface area contributed by atoms with Crippen LogP contribution in [0, 0.1) is 0 Å². The van der Waals surface area contributed by atoms with E-state index in [2.05, 4.69) is 15.3 Å². The summed E-state index contributed by atoms with van der Waals surface area (Å²) in [7, 11) is 0. The van der Waals surface area contributed by atoms with Crippen molar-refractivity contribution in [2.45, 2.75) is 6.54 Å². The number of nitrogens with one attached hydrogen (secondary N) is 1. The van der Waals surface area contributed by atoms with Crippen molar-refractivity contribution in [2.75, 3.05) is 0 Å². The maximum Gasteiger partial charge on any atom is 0.354 e. The average molecular weight is 263 g/mol. The molecule has 0 saturated heterocycles. The zero-order valence-corrected chi connectivity index (χ0v) is 9.98. The minimum Gasteiger partial charge on any atom is -0.477 e. The van der Waals surface area contributed by atoms with E-state index >= 15 is 0 Å². The zero-order valence-electron chi connectivity index (χ0n) is 9.16. The van der Waals surface area contributed by atoms with E-state index in [-0.39, 0.29) is 11.6 Å². The molecule has 2 N–H and O–H groups in total. The number of aromatic nitrogens is 2. The fourth-order valence-corrected chi connectivity index (χ4v) is 1.81. The highest BCUT2D eigenvalue weighted by atomic mass is 32.1. The molecule has 0 saturated carbocycles. The largest absolute Gasteiger partial charge is 0.477 e. The van der Waals surface area contributed by atoms with Crippen LogP contribution in [0.1, 0.15) is 26.5 Å². The molecular formula is C11H9N3O3S. The molecule has 0 aliphatic carbocycles. The van der Waals surface area contributed by atoms with Gasteiger partial charge in [-0.15, -0.1) is 11.3 Å². The predicted molar refractivity (Wildman–Crippen MR) is 64.5 cm³/mol. The van der Waals surface area contributed by atoms with Crippen LogP contribution in [-0.2, 0) is 6.54 Å². The van der Waals surface area contributed by atoms with Gasteiger partial charge in [-0.05, 0) is 12.1 Å². The van der Waals surface area contributed by atoms with Gasteiger partial charge in [-0.1, -0.05) is 0 Å². The third-order valence-electron chi connectivity index (χ3n) is 2.16. The summed E-state index contributed by atoms with van der Waals surface area (Å²) in [6, 6.07) is 2.72. The lowest BCUT2D eigenvalue weighted by molar-refractivity contribution is 0.0689. The van der Waals surface area contributed by atoms with Crippen molar-refractivity contribution >= 4 is 23.2 Å². The molecule has 2 heterocycles. The molecule has 6 nitrogen and oxygen atoms in total. The van der Waals surface area contributed by atoms with Crippen LogP contribution in [0.2, 0.25) is 0 Å². The van der Waals surface area contributed by atoms with Crippen LogP contribution in [0.4, 0.5) is 0 Å². The van der Waals surface area contributed by atoms with E-state index in [1.807, 2.05) is 5.38 Å². The first kappa shape index (κ1) is 12.2. The number of carbonyl (C=O) groups is 2. The number of aromatic carboxylic acids is 1. The van der Waals surface area contributed by atoms with Crippen molar-refractivity contribution in [3.63, 3.8) is 0 Å². The molecule has 0 aliphatic rings. The summed E-state index contributed by atoms with van der Waals surface area (Å²) in [5, 5.41) is 13.2. The SMILES string of the molecule is O=C(NCc1cscn1)c1ccc(C(=O)O)nc1. The lowest BCUT2D eigenvalue weighted by Gasteiger charge is -2.03. The van der Waals surface area contributed by atoms with Gasteiger partial charge in [0.2, 0.25) is 0 Å². The molecule has 0 bridgehead atoms. The number of rotatable bonds is 4. The molecule has 18 heavy (non-hydrogen) atoms. The third kappa shape index (κ3) is 2.89. The number of pyridine rings is 1. The van der Waals surface area contributed by atoms with E-state index in [0.29, 0.717) is 12.1 Å². The highest BCUT2D eigenvalue weighted by molar-refractivity contribution is 7.07. The van der Waals surface area contributed by atoms with E-state index < -0.39 is 5.97 Å². The zero-order chi connectivity index (χ0) is 13.0. The average Bonchev–Trinajstić information content (AvgIpc) is 2.89. The van der Waals surface area contributed by atoms with Gasteiger partial charge in [0.15, 0.2) is 0 Å². The van der Waals surface area contributed by atoms with Gasteiger partial charge in [-0.25, -0.2) is 14.8 Å². The summed E-state index contributed by atoms with van der Waals surface area (Å²) < 4.78 is 0. The molecule has 0 aliphatic heterocycles. The number of carboxylic acids is 1. The van der Waals surface area contributed by atoms with Crippen molar-refractivity contribution in [3.05, 3.63) is 46.2 Å². The van der Waals surface area contributed by atoms with E-state index in [0.717, 1.165) is 5.69 Å². The van der Waals surface area contributed by atoms with Crippen LogP contribution in [-0.4, -0.2) is 27.0 Å². The van der Waals surface area contributed by atoms with E-state index in [1.54, 1.807) is 5.51 Å². The van der Waals surface area contributed by atoms with Gasteiger partial charge in [0.1, 0.15) is 5.69 Å². The Kier molecular flexibility index (Phi) is 3.63. The van der Waals surface area contributed by atoms with Crippen molar-refractivity contribution in [1.82, 2.24) is 15.3 Å². The van der Waals surface area contributed by atoms with Gasteiger partial charge in [0, 0.05) is 11.6 Å². The Bertz CT molecular complexity index is 551. The molecule has 92 valence electrons. The minimum atomic E-state index is -1.12. The summed E-state index contributed by atoms with van der Waals surface area (Å²) in [5.41, 5.74) is 2.69. The highest BCUT2D eigenvalue weighted by Crippen LogP contribution is 2.03. The number of thiazole rings is 1. The summed E-state index contributed by atoms with van der Waals surface area (Å²) in [4.78, 5) is 30.0. The number of carboxylic acid groups (broad SMARTS) is 1. The second-order valence-corrected chi connectivity index (χ2v) is 4.12.